The van der Waals surface area contributed by atoms with E-state index in [1.54, 1.807) is 12.3 Å². The third-order valence-corrected chi connectivity index (χ3v) is 4.62. The Balaban J connectivity index is 1.28. The minimum atomic E-state index is -0.206. The van der Waals surface area contributed by atoms with Crippen molar-refractivity contribution in [2.24, 2.45) is 0 Å². The third kappa shape index (κ3) is 6.84. The number of pyridine rings is 1. The molecule has 0 bridgehead atoms. The van der Waals surface area contributed by atoms with Gasteiger partial charge in [-0.1, -0.05) is 30.3 Å². The minimum Gasteiger partial charge on any atom is -0.367 e. The molecule has 166 valence electrons. The van der Waals surface area contributed by atoms with Gasteiger partial charge in [-0.3, -0.25) is 4.79 Å². The molecule has 33 heavy (non-hydrogen) atoms. The predicted octanol–water partition coefficient (Wildman–Crippen LogP) is 4.82. The zero-order valence-corrected chi connectivity index (χ0v) is 18.2. The summed E-state index contributed by atoms with van der Waals surface area (Å²) >= 11 is 0. The van der Waals surface area contributed by atoms with Gasteiger partial charge in [0.15, 0.2) is 0 Å². The molecule has 4 aromatic rings. The lowest BCUT2D eigenvalue weighted by molar-refractivity contribution is -0.121. The maximum Gasteiger partial charge on any atom is 0.250 e. The number of nitrogens with zero attached hydrogens (tertiary/aromatic N) is 3. The first-order valence-electron chi connectivity index (χ1n) is 10.4. The van der Waals surface area contributed by atoms with Crippen molar-refractivity contribution in [3.63, 3.8) is 0 Å². The van der Waals surface area contributed by atoms with Gasteiger partial charge in [0.1, 0.15) is 30.4 Å². The lowest BCUT2D eigenvalue weighted by atomic mass is 10.2. The number of hydrogen-bond acceptors (Lipinski definition) is 7. The van der Waals surface area contributed by atoms with Gasteiger partial charge in [0, 0.05) is 23.6 Å². The van der Waals surface area contributed by atoms with E-state index >= 15 is 0 Å². The van der Waals surface area contributed by atoms with Crippen LogP contribution < -0.4 is 16.0 Å². The SMILES string of the molecule is Cc1ccnc(Nc2cc(Nc3ccc(NC(=O)COCc4ccccc4)cc3)ncn2)c1. The first kappa shape index (κ1) is 21.9. The zero-order valence-electron chi connectivity index (χ0n) is 18.2. The van der Waals surface area contributed by atoms with Crippen LogP contribution in [-0.4, -0.2) is 27.5 Å². The van der Waals surface area contributed by atoms with Gasteiger partial charge in [0.25, 0.3) is 0 Å². The molecule has 0 radical (unpaired) electrons. The summed E-state index contributed by atoms with van der Waals surface area (Å²) in [5.74, 6) is 1.77. The number of nitrogens with one attached hydrogen (secondary N) is 3. The Bertz CT molecular complexity index is 1200. The number of anilines is 5. The maximum atomic E-state index is 12.1. The molecule has 0 saturated carbocycles. The molecule has 0 spiro atoms. The molecule has 0 aliphatic heterocycles. The molecule has 0 saturated heterocycles. The van der Waals surface area contributed by atoms with Gasteiger partial charge >= 0.3 is 0 Å². The quantitative estimate of drug-likeness (QED) is 0.343. The standard InChI is InChI=1S/C25H24N6O2/c1-18-11-12-26-22(13-18)31-24-14-23(27-17-28-24)29-20-7-9-21(10-8-20)30-25(32)16-33-15-19-5-3-2-4-6-19/h2-14,17H,15-16H2,1H3,(H,30,32)(H2,26,27,28,29,31). The molecule has 8 nitrogen and oxygen atoms in total. The van der Waals surface area contributed by atoms with Gasteiger partial charge in [0.05, 0.1) is 6.61 Å². The highest BCUT2D eigenvalue weighted by Gasteiger charge is 2.05. The second-order valence-electron chi connectivity index (χ2n) is 7.36. The molecular formula is C25H24N6O2. The summed E-state index contributed by atoms with van der Waals surface area (Å²) in [6, 6.07) is 22.7. The smallest absolute Gasteiger partial charge is 0.250 e. The summed E-state index contributed by atoms with van der Waals surface area (Å²) in [7, 11) is 0. The van der Waals surface area contributed by atoms with Crippen LogP contribution in [0.25, 0.3) is 0 Å². The first-order valence-corrected chi connectivity index (χ1v) is 10.4. The monoisotopic (exact) mass is 440 g/mol. The summed E-state index contributed by atoms with van der Waals surface area (Å²) in [6.45, 7) is 2.39. The van der Waals surface area contributed by atoms with Crippen LogP contribution in [0, 0.1) is 6.92 Å². The fourth-order valence-electron chi connectivity index (χ4n) is 3.05. The Labute approximate surface area is 192 Å². The number of benzene rings is 2. The van der Waals surface area contributed by atoms with Crippen molar-refractivity contribution in [2.45, 2.75) is 13.5 Å². The van der Waals surface area contributed by atoms with Crippen LogP contribution >= 0.6 is 0 Å². The lowest BCUT2D eigenvalue weighted by Crippen LogP contribution is -2.18. The zero-order chi connectivity index (χ0) is 22.9. The Kier molecular flexibility index (Phi) is 7.19. The number of ether oxygens (including phenoxy) is 1. The van der Waals surface area contributed by atoms with Crippen LogP contribution in [0.1, 0.15) is 11.1 Å². The van der Waals surface area contributed by atoms with E-state index in [4.69, 9.17) is 4.74 Å². The van der Waals surface area contributed by atoms with Gasteiger partial charge in [0.2, 0.25) is 5.91 Å². The van der Waals surface area contributed by atoms with Crippen molar-refractivity contribution in [3.8, 4) is 0 Å². The van der Waals surface area contributed by atoms with E-state index < -0.39 is 0 Å². The number of rotatable bonds is 9. The van der Waals surface area contributed by atoms with E-state index in [2.05, 4.69) is 30.9 Å². The van der Waals surface area contributed by atoms with Gasteiger partial charge < -0.3 is 20.7 Å². The summed E-state index contributed by atoms with van der Waals surface area (Å²) < 4.78 is 5.47. The van der Waals surface area contributed by atoms with Crippen LogP contribution in [0.2, 0.25) is 0 Å². The van der Waals surface area contributed by atoms with E-state index in [9.17, 15) is 4.79 Å². The number of amides is 1. The average Bonchev–Trinajstić information content (AvgIpc) is 2.81. The molecule has 2 aromatic heterocycles. The normalized spacial score (nSPS) is 10.5. The third-order valence-electron chi connectivity index (χ3n) is 4.62. The molecule has 3 N–H and O–H groups in total. The first-order chi connectivity index (χ1) is 16.1. The Morgan fingerprint density at radius 2 is 1.52 bits per heavy atom. The number of aromatic nitrogens is 3. The van der Waals surface area contributed by atoms with Gasteiger partial charge in [-0.25, -0.2) is 15.0 Å². The molecule has 0 unspecified atom stereocenters. The molecule has 2 heterocycles. The molecule has 4 rings (SSSR count). The molecule has 0 fully saturated rings. The van der Waals surface area contributed by atoms with E-state index in [0.717, 1.165) is 16.8 Å². The number of carbonyl (C=O) groups is 1. The van der Waals surface area contributed by atoms with E-state index in [-0.39, 0.29) is 12.5 Å². The van der Waals surface area contributed by atoms with E-state index in [0.29, 0.717) is 29.7 Å². The Morgan fingerprint density at radius 1 is 0.818 bits per heavy atom. The van der Waals surface area contributed by atoms with Crippen LogP contribution in [0.3, 0.4) is 0 Å². The number of hydrogen-bond donors (Lipinski definition) is 3. The van der Waals surface area contributed by atoms with Crippen molar-refractivity contribution in [2.75, 3.05) is 22.6 Å². The van der Waals surface area contributed by atoms with Gasteiger partial charge in [-0.2, -0.15) is 0 Å². The number of carbonyl (C=O) groups excluding carboxylic acids is 1. The second kappa shape index (κ2) is 10.8. The maximum absolute atomic E-state index is 12.1. The van der Waals surface area contributed by atoms with E-state index in [1.807, 2.05) is 73.7 Å². The molecule has 1 amide bonds. The fourth-order valence-corrected chi connectivity index (χ4v) is 3.05. The highest BCUT2D eigenvalue weighted by molar-refractivity contribution is 5.91. The van der Waals surface area contributed by atoms with Crippen molar-refractivity contribution >= 4 is 34.7 Å². The van der Waals surface area contributed by atoms with Crippen LogP contribution in [-0.2, 0) is 16.1 Å². The van der Waals surface area contributed by atoms with Crippen molar-refractivity contribution in [1.29, 1.82) is 0 Å². The fraction of sp³-hybridized carbons (Fsp3) is 0.120. The van der Waals surface area contributed by atoms with Crippen LogP contribution in [0.15, 0.2) is 85.3 Å². The van der Waals surface area contributed by atoms with Gasteiger partial charge in [-0.05, 0) is 54.4 Å². The second-order valence-corrected chi connectivity index (χ2v) is 7.36. The largest absolute Gasteiger partial charge is 0.367 e. The van der Waals surface area contributed by atoms with E-state index in [1.165, 1.54) is 6.33 Å². The molecule has 0 atom stereocenters. The minimum absolute atomic E-state index is 0.0125. The van der Waals surface area contributed by atoms with Crippen LogP contribution in [0.5, 0.6) is 0 Å². The average molecular weight is 441 g/mol. The molecule has 0 aliphatic carbocycles. The predicted molar refractivity (Wildman–Crippen MR) is 129 cm³/mol. The summed E-state index contributed by atoms with van der Waals surface area (Å²) in [5.41, 5.74) is 3.64. The topological polar surface area (TPSA) is 101 Å². The summed E-state index contributed by atoms with van der Waals surface area (Å²) in [5, 5.41) is 9.22. The van der Waals surface area contributed by atoms with Crippen molar-refractivity contribution in [1.82, 2.24) is 15.0 Å². The van der Waals surface area contributed by atoms with Crippen molar-refractivity contribution < 1.29 is 9.53 Å². The number of aryl methyl sites for hydroxylation is 1. The lowest BCUT2D eigenvalue weighted by Gasteiger charge is -2.10. The Morgan fingerprint density at radius 3 is 2.27 bits per heavy atom. The van der Waals surface area contributed by atoms with Crippen LogP contribution in [0.4, 0.5) is 28.8 Å². The molecule has 0 aliphatic rings. The molecule has 8 heteroatoms. The highest BCUT2D eigenvalue weighted by atomic mass is 16.5. The summed E-state index contributed by atoms with van der Waals surface area (Å²) in [6.07, 6.45) is 3.22. The van der Waals surface area contributed by atoms with Crippen molar-refractivity contribution in [3.05, 3.63) is 96.4 Å². The highest BCUT2D eigenvalue weighted by Crippen LogP contribution is 2.20. The van der Waals surface area contributed by atoms with Gasteiger partial charge in [-0.15, -0.1) is 0 Å². The molecular weight excluding hydrogens is 416 g/mol. The Hall–Kier alpha value is -4.30. The summed E-state index contributed by atoms with van der Waals surface area (Å²) in [4.78, 5) is 24.9. The molecule has 2 aromatic carbocycles.